The minimum absolute atomic E-state index is 0.0830. The molecule has 1 amide bonds. The third-order valence-corrected chi connectivity index (χ3v) is 7.75. The molecule has 0 aliphatic carbocycles. The molecule has 2 atom stereocenters. The summed E-state index contributed by atoms with van der Waals surface area (Å²) in [5, 5.41) is 4.16. The van der Waals surface area contributed by atoms with Crippen molar-refractivity contribution in [2.45, 2.75) is 51.6 Å². The third kappa shape index (κ3) is 3.79. The summed E-state index contributed by atoms with van der Waals surface area (Å²) in [6.45, 7) is 5.35. The van der Waals surface area contributed by atoms with Crippen LogP contribution in [0.5, 0.6) is 0 Å². The summed E-state index contributed by atoms with van der Waals surface area (Å²) in [6, 6.07) is 4.27. The predicted octanol–water partition coefficient (Wildman–Crippen LogP) is 4.26. The summed E-state index contributed by atoms with van der Waals surface area (Å²) < 4.78 is 5.66. The van der Waals surface area contributed by atoms with Crippen LogP contribution in [0.25, 0.3) is 10.6 Å². The van der Waals surface area contributed by atoms with Gasteiger partial charge in [0.1, 0.15) is 0 Å². The van der Waals surface area contributed by atoms with E-state index in [4.69, 9.17) is 9.72 Å². The number of ether oxygens (including phenoxy) is 1. The van der Waals surface area contributed by atoms with E-state index in [0.29, 0.717) is 25.2 Å². The van der Waals surface area contributed by atoms with Gasteiger partial charge in [0.25, 0.3) is 5.91 Å². The standard InChI is InChI=1S/C22H24N4O2S2/c1-13-21(30-14(2)24-13)19-12-29-20(25-19)8-16-7-6-15(9-23-16)22(27)26-17-4-3-5-18(26)11-28-10-17/h6-7,9,12,17-18H,3-5,8,10-11H2,1-2H3/t17-,18+. The number of nitrogens with zero attached hydrogens (tertiary/aromatic N) is 4. The van der Waals surface area contributed by atoms with E-state index in [-0.39, 0.29) is 18.0 Å². The Morgan fingerprint density at radius 1 is 1.20 bits per heavy atom. The van der Waals surface area contributed by atoms with Crippen molar-refractivity contribution in [2.24, 2.45) is 0 Å². The van der Waals surface area contributed by atoms with Crippen LogP contribution in [0.3, 0.4) is 0 Å². The van der Waals surface area contributed by atoms with Crippen LogP contribution in [0.4, 0.5) is 0 Å². The second-order valence-corrected chi connectivity index (χ2v) is 10.1. The summed E-state index contributed by atoms with van der Waals surface area (Å²) in [7, 11) is 0. The zero-order chi connectivity index (χ0) is 20.7. The molecule has 156 valence electrons. The highest BCUT2D eigenvalue weighted by Crippen LogP contribution is 2.31. The Morgan fingerprint density at radius 3 is 2.67 bits per heavy atom. The first-order valence-corrected chi connectivity index (χ1v) is 12.0. The van der Waals surface area contributed by atoms with Crippen molar-refractivity contribution >= 4 is 28.6 Å². The Bertz CT molecular complexity index is 1040. The summed E-state index contributed by atoms with van der Waals surface area (Å²) >= 11 is 3.32. The molecular weight excluding hydrogens is 416 g/mol. The van der Waals surface area contributed by atoms with Gasteiger partial charge in [-0.1, -0.05) is 0 Å². The highest BCUT2D eigenvalue weighted by atomic mass is 32.1. The van der Waals surface area contributed by atoms with E-state index in [1.807, 2.05) is 30.9 Å². The first-order chi connectivity index (χ1) is 14.6. The molecule has 2 aliphatic rings. The van der Waals surface area contributed by atoms with Crippen molar-refractivity contribution < 1.29 is 9.53 Å². The molecule has 2 bridgehead atoms. The molecule has 0 saturated carbocycles. The largest absolute Gasteiger partial charge is 0.377 e. The van der Waals surface area contributed by atoms with Gasteiger partial charge in [0.15, 0.2) is 0 Å². The second kappa shape index (κ2) is 8.17. The molecule has 2 fully saturated rings. The Morgan fingerprint density at radius 2 is 2.00 bits per heavy atom. The fourth-order valence-corrected chi connectivity index (χ4v) is 6.14. The van der Waals surface area contributed by atoms with Gasteiger partial charge in [-0.2, -0.15) is 0 Å². The van der Waals surface area contributed by atoms with Gasteiger partial charge < -0.3 is 9.64 Å². The molecule has 0 N–H and O–H groups in total. The monoisotopic (exact) mass is 440 g/mol. The maximum atomic E-state index is 13.1. The molecule has 3 aromatic rings. The number of amides is 1. The lowest BCUT2D eigenvalue weighted by atomic mass is 9.93. The number of pyridine rings is 1. The van der Waals surface area contributed by atoms with Crippen LogP contribution in [0.2, 0.25) is 0 Å². The zero-order valence-corrected chi connectivity index (χ0v) is 18.8. The Labute approximate surface area is 184 Å². The van der Waals surface area contributed by atoms with Crippen LogP contribution < -0.4 is 0 Å². The number of thiazole rings is 2. The third-order valence-electron chi connectivity index (χ3n) is 5.81. The van der Waals surface area contributed by atoms with Gasteiger partial charge in [-0.25, -0.2) is 9.97 Å². The van der Waals surface area contributed by atoms with Crippen LogP contribution in [0, 0.1) is 13.8 Å². The van der Waals surface area contributed by atoms with Crippen LogP contribution in [-0.4, -0.2) is 51.1 Å². The number of piperidine rings is 1. The summed E-state index contributed by atoms with van der Waals surface area (Å²) in [5.74, 6) is 0.0830. The van der Waals surface area contributed by atoms with Crippen molar-refractivity contribution in [3.63, 3.8) is 0 Å². The van der Waals surface area contributed by atoms with Gasteiger partial charge in [-0.15, -0.1) is 22.7 Å². The number of aryl methyl sites for hydroxylation is 2. The molecule has 2 aliphatic heterocycles. The highest BCUT2D eigenvalue weighted by molar-refractivity contribution is 7.15. The van der Waals surface area contributed by atoms with Crippen LogP contribution in [-0.2, 0) is 11.2 Å². The minimum atomic E-state index is 0.0830. The van der Waals surface area contributed by atoms with Gasteiger partial charge in [0.05, 0.1) is 57.1 Å². The fourth-order valence-electron chi connectivity index (χ4n) is 4.39. The summed E-state index contributed by atoms with van der Waals surface area (Å²) in [6.07, 6.45) is 5.61. The maximum absolute atomic E-state index is 13.1. The quantitative estimate of drug-likeness (QED) is 0.606. The lowest BCUT2D eigenvalue weighted by Crippen LogP contribution is -2.57. The number of hydrogen-bond acceptors (Lipinski definition) is 7. The molecule has 8 heteroatoms. The number of carbonyl (C=O) groups excluding carboxylic acids is 1. The number of aromatic nitrogens is 3. The van der Waals surface area contributed by atoms with Crippen molar-refractivity contribution in [1.29, 1.82) is 0 Å². The number of morpholine rings is 1. The lowest BCUT2D eigenvalue weighted by molar-refractivity contribution is -0.0566. The number of carbonyl (C=O) groups is 1. The summed E-state index contributed by atoms with van der Waals surface area (Å²) in [4.78, 5) is 30.1. The van der Waals surface area contributed by atoms with E-state index in [1.54, 1.807) is 28.9 Å². The maximum Gasteiger partial charge on any atom is 0.256 e. The molecular formula is C22H24N4O2S2. The molecule has 6 nitrogen and oxygen atoms in total. The lowest BCUT2D eigenvalue weighted by Gasteiger charge is -2.45. The second-order valence-electron chi connectivity index (χ2n) is 7.98. The normalized spacial score (nSPS) is 21.1. The molecule has 5 rings (SSSR count). The zero-order valence-electron chi connectivity index (χ0n) is 17.1. The van der Waals surface area contributed by atoms with Gasteiger partial charge >= 0.3 is 0 Å². The van der Waals surface area contributed by atoms with E-state index in [2.05, 4.69) is 15.3 Å². The Kier molecular flexibility index (Phi) is 5.39. The fraction of sp³-hybridized carbons (Fsp3) is 0.455. The first-order valence-electron chi connectivity index (χ1n) is 10.3. The van der Waals surface area contributed by atoms with Gasteiger partial charge in [0, 0.05) is 23.7 Å². The molecule has 0 spiro atoms. The highest BCUT2D eigenvalue weighted by Gasteiger charge is 2.38. The number of fused-ring (bicyclic) bond motifs is 2. The smallest absolute Gasteiger partial charge is 0.256 e. The van der Waals surface area contributed by atoms with Crippen molar-refractivity contribution in [3.05, 3.63) is 50.7 Å². The predicted molar refractivity (Wildman–Crippen MR) is 118 cm³/mol. The van der Waals surface area contributed by atoms with E-state index >= 15 is 0 Å². The van der Waals surface area contributed by atoms with Crippen molar-refractivity contribution in [1.82, 2.24) is 19.9 Å². The van der Waals surface area contributed by atoms with E-state index in [1.165, 1.54) is 6.42 Å². The van der Waals surface area contributed by atoms with Gasteiger partial charge in [0.2, 0.25) is 0 Å². The van der Waals surface area contributed by atoms with E-state index < -0.39 is 0 Å². The van der Waals surface area contributed by atoms with E-state index in [9.17, 15) is 4.79 Å². The van der Waals surface area contributed by atoms with Crippen LogP contribution >= 0.6 is 22.7 Å². The minimum Gasteiger partial charge on any atom is -0.377 e. The number of hydrogen-bond donors (Lipinski definition) is 0. The van der Waals surface area contributed by atoms with Crippen molar-refractivity contribution in [3.8, 4) is 10.6 Å². The van der Waals surface area contributed by atoms with Crippen LogP contribution in [0.1, 0.15) is 51.0 Å². The average molecular weight is 441 g/mol. The number of rotatable bonds is 4. The average Bonchev–Trinajstić information content (AvgIpc) is 3.33. The first kappa shape index (κ1) is 19.8. The molecule has 3 aromatic heterocycles. The van der Waals surface area contributed by atoms with Gasteiger partial charge in [-0.3, -0.25) is 9.78 Å². The molecule has 0 radical (unpaired) electrons. The molecule has 30 heavy (non-hydrogen) atoms. The van der Waals surface area contributed by atoms with E-state index in [0.717, 1.165) is 44.8 Å². The van der Waals surface area contributed by atoms with Gasteiger partial charge in [-0.05, 0) is 45.2 Å². The molecule has 5 heterocycles. The van der Waals surface area contributed by atoms with Crippen LogP contribution in [0.15, 0.2) is 23.7 Å². The molecule has 0 aromatic carbocycles. The van der Waals surface area contributed by atoms with Crippen molar-refractivity contribution in [2.75, 3.05) is 13.2 Å². The molecule has 2 saturated heterocycles. The summed E-state index contributed by atoms with van der Waals surface area (Å²) in [5.41, 5.74) is 3.60. The topological polar surface area (TPSA) is 68.2 Å². The Hall–Kier alpha value is -2.16. The Balaban J connectivity index is 1.29. The molecule has 0 unspecified atom stereocenters. The SMILES string of the molecule is Cc1nc(C)c(-c2csc(Cc3ccc(C(=O)N4[C@@H]5CCC[C@H]4COC5)cn3)n2)s1.